The van der Waals surface area contributed by atoms with Gasteiger partial charge in [-0.15, -0.1) is 0 Å². The monoisotopic (exact) mass is 478 g/mol. The Labute approximate surface area is 215 Å². The largest absolute Gasteiger partial charge is 0.342 e. The SMILES string of the molecule is CCc1[nH]c(-c2ccc(C)cc2)nc1C(CC)(C(c1ccccc1)c1ccccc1)N1CCNCC1. The van der Waals surface area contributed by atoms with Crippen molar-refractivity contribution < 1.29 is 0 Å². The lowest BCUT2D eigenvalue weighted by Crippen LogP contribution is -2.57. The Morgan fingerprint density at radius 3 is 1.94 bits per heavy atom. The summed E-state index contributed by atoms with van der Waals surface area (Å²) in [7, 11) is 0. The van der Waals surface area contributed by atoms with Crippen LogP contribution in [-0.4, -0.2) is 41.0 Å². The maximum Gasteiger partial charge on any atom is 0.137 e. The van der Waals surface area contributed by atoms with Gasteiger partial charge in [0.1, 0.15) is 5.82 Å². The lowest BCUT2D eigenvalue weighted by molar-refractivity contribution is 0.0470. The van der Waals surface area contributed by atoms with Gasteiger partial charge in [-0.25, -0.2) is 4.98 Å². The summed E-state index contributed by atoms with van der Waals surface area (Å²) < 4.78 is 0. The number of nitrogens with one attached hydrogen (secondary N) is 2. The van der Waals surface area contributed by atoms with Crippen molar-refractivity contribution in [1.29, 1.82) is 0 Å². The molecule has 186 valence electrons. The number of rotatable bonds is 8. The molecule has 3 aromatic carbocycles. The predicted octanol–water partition coefficient (Wildman–Crippen LogP) is 6.29. The Balaban J connectivity index is 1.77. The van der Waals surface area contributed by atoms with E-state index in [2.05, 4.69) is 121 Å². The van der Waals surface area contributed by atoms with E-state index < -0.39 is 0 Å². The third kappa shape index (κ3) is 4.52. The molecule has 0 radical (unpaired) electrons. The summed E-state index contributed by atoms with van der Waals surface area (Å²) in [5, 5.41) is 3.58. The minimum Gasteiger partial charge on any atom is -0.342 e. The molecule has 36 heavy (non-hydrogen) atoms. The van der Waals surface area contributed by atoms with Crippen molar-refractivity contribution in [2.75, 3.05) is 26.2 Å². The molecule has 2 heterocycles. The fourth-order valence-electron chi connectivity index (χ4n) is 6.03. The van der Waals surface area contributed by atoms with Crippen molar-refractivity contribution in [3.8, 4) is 11.4 Å². The van der Waals surface area contributed by atoms with E-state index in [0.29, 0.717) is 0 Å². The first kappa shape index (κ1) is 24.5. The van der Waals surface area contributed by atoms with Gasteiger partial charge < -0.3 is 10.3 Å². The molecule has 5 rings (SSSR count). The van der Waals surface area contributed by atoms with Gasteiger partial charge in [0, 0.05) is 43.4 Å². The molecule has 1 aliphatic rings. The molecule has 2 N–H and O–H groups in total. The molecule has 1 unspecified atom stereocenters. The van der Waals surface area contributed by atoms with Gasteiger partial charge in [0.25, 0.3) is 0 Å². The van der Waals surface area contributed by atoms with Gasteiger partial charge in [0.05, 0.1) is 11.2 Å². The number of aromatic amines is 1. The lowest BCUT2D eigenvalue weighted by atomic mass is 9.69. The Morgan fingerprint density at radius 1 is 0.833 bits per heavy atom. The highest BCUT2D eigenvalue weighted by Gasteiger charge is 2.48. The summed E-state index contributed by atoms with van der Waals surface area (Å²) in [6.07, 6.45) is 1.88. The molecule has 0 amide bonds. The highest BCUT2D eigenvalue weighted by Crippen LogP contribution is 2.49. The third-order valence-electron chi connectivity index (χ3n) is 7.83. The summed E-state index contributed by atoms with van der Waals surface area (Å²) in [6.45, 7) is 10.7. The topological polar surface area (TPSA) is 44.0 Å². The van der Waals surface area contributed by atoms with E-state index in [9.17, 15) is 0 Å². The summed E-state index contributed by atoms with van der Waals surface area (Å²) >= 11 is 0. The number of nitrogens with zero attached hydrogens (tertiary/aromatic N) is 2. The summed E-state index contributed by atoms with van der Waals surface area (Å²) in [6, 6.07) is 30.8. The molecule has 0 spiro atoms. The summed E-state index contributed by atoms with van der Waals surface area (Å²) in [5.41, 5.74) is 7.24. The Hall–Kier alpha value is -3.21. The van der Waals surface area contributed by atoms with Gasteiger partial charge in [-0.05, 0) is 30.9 Å². The van der Waals surface area contributed by atoms with E-state index >= 15 is 0 Å². The molecule has 1 atom stereocenters. The minimum atomic E-state index is -0.282. The molecule has 4 nitrogen and oxygen atoms in total. The first-order valence-corrected chi connectivity index (χ1v) is 13.4. The fourth-order valence-corrected chi connectivity index (χ4v) is 6.03. The molecule has 1 aliphatic heterocycles. The molecular weight excluding hydrogens is 440 g/mol. The third-order valence-corrected chi connectivity index (χ3v) is 7.83. The van der Waals surface area contributed by atoms with Crippen LogP contribution < -0.4 is 5.32 Å². The van der Waals surface area contributed by atoms with Crippen LogP contribution in [0.2, 0.25) is 0 Å². The maximum atomic E-state index is 5.45. The molecule has 1 fully saturated rings. The highest BCUT2D eigenvalue weighted by atomic mass is 15.3. The highest BCUT2D eigenvalue weighted by molar-refractivity contribution is 5.57. The van der Waals surface area contributed by atoms with Crippen molar-refractivity contribution >= 4 is 0 Å². The molecule has 0 aliphatic carbocycles. The van der Waals surface area contributed by atoms with Gasteiger partial charge in [-0.1, -0.05) is 104 Å². The van der Waals surface area contributed by atoms with E-state index in [1.54, 1.807) is 0 Å². The zero-order valence-electron chi connectivity index (χ0n) is 21.8. The average Bonchev–Trinajstić information content (AvgIpc) is 3.38. The zero-order valence-corrected chi connectivity index (χ0v) is 21.8. The number of aryl methyl sites for hydroxylation is 2. The van der Waals surface area contributed by atoms with Crippen molar-refractivity contribution in [3.05, 3.63) is 113 Å². The first-order valence-electron chi connectivity index (χ1n) is 13.4. The summed E-state index contributed by atoms with van der Waals surface area (Å²) in [5.74, 6) is 1.12. The van der Waals surface area contributed by atoms with Gasteiger partial charge >= 0.3 is 0 Å². The number of aromatic nitrogens is 2. The van der Waals surface area contributed by atoms with Crippen LogP contribution >= 0.6 is 0 Å². The smallest absolute Gasteiger partial charge is 0.137 e. The van der Waals surface area contributed by atoms with Crippen LogP contribution in [0.25, 0.3) is 11.4 Å². The van der Waals surface area contributed by atoms with E-state index in [1.807, 2.05) is 0 Å². The maximum absolute atomic E-state index is 5.45. The van der Waals surface area contributed by atoms with Crippen LogP contribution in [0, 0.1) is 6.92 Å². The number of hydrogen-bond acceptors (Lipinski definition) is 3. The Morgan fingerprint density at radius 2 is 1.42 bits per heavy atom. The van der Waals surface area contributed by atoms with Crippen molar-refractivity contribution in [2.24, 2.45) is 0 Å². The lowest BCUT2D eigenvalue weighted by Gasteiger charge is -2.50. The molecule has 4 aromatic rings. The Bertz CT molecular complexity index is 1200. The number of H-pyrrole nitrogens is 1. The van der Waals surface area contributed by atoms with Gasteiger partial charge in [0.2, 0.25) is 0 Å². The molecule has 0 bridgehead atoms. The number of imidazole rings is 1. The van der Waals surface area contributed by atoms with Crippen LogP contribution in [0.15, 0.2) is 84.9 Å². The van der Waals surface area contributed by atoms with Crippen LogP contribution in [0.4, 0.5) is 0 Å². The normalized spacial score (nSPS) is 16.2. The number of piperazine rings is 1. The number of benzene rings is 3. The Kier molecular flexibility index (Phi) is 7.35. The zero-order chi connectivity index (χ0) is 25.0. The number of hydrogen-bond donors (Lipinski definition) is 2. The van der Waals surface area contributed by atoms with E-state index in [0.717, 1.165) is 50.4 Å². The van der Waals surface area contributed by atoms with Crippen LogP contribution in [0.1, 0.15) is 54.3 Å². The van der Waals surface area contributed by atoms with Gasteiger partial charge in [0.15, 0.2) is 0 Å². The van der Waals surface area contributed by atoms with E-state index in [4.69, 9.17) is 4.98 Å². The molecule has 4 heteroatoms. The van der Waals surface area contributed by atoms with Gasteiger partial charge in [-0.3, -0.25) is 4.90 Å². The van der Waals surface area contributed by atoms with Crippen molar-refractivity contribution in [3.63, 3.8) is 0 Å². The predicted molar refractivity (Wildman–Crippen MR) is 149 cm³/mol. The van der Waals surface area contributed by atoms with Gasteiger partial charge in [-0.2, -0.15) is 0 Å². The van der Waals surface area contributed by atoms with Crippen LogP contribution in [0.5, 0.6) is 0 Å². The molecule has 1 aromatic heterocycles. The summed E-state index contributed by atoms with van der Waals surface area (Å²) in [4.78, 5) is 11.9. The van der Waals surface area contributed by atoms with E-state index in [1.165, 1.54) is 28.1 Å². The minimum absolute atomic E-state index is 0.155. The van der Waals surface area contributed by atoms with Crippen LogP contribution in [0.3, 0.4) is 0 Å². The second-order valence-electron chi connectivity index (χ2n) is 9.90. The second kappa shape index (κ2) is 10.8. The van der Waals surface area contributed by atoms with Crippen LogP contribution in [-0.2, 0) is 12.0 Å². The van der Waals surface area contributed by atoms with Crippen molar-refractivity contribution in [1.82, 2.24) is 20.2 Å². The molecule has 0 saturated carbocycles. The average molecular weight is 479 g/mol. The standard InChI is InChI=1S/C32H38N4/c1-4-28-30(35-31(34-28)27-18-16-24(3)17-19-27)32(5-2,36-22-20-33-21-23-36)29(25-12-8-6-9-13-25)26-14-10-7-11-15-26/h6-19,29,33H,4-5,20-23H2,1-3H3,(H,34,35). The quantitative estimate of drug-likeness (QED) is 0.313. The first-order chi connectivity index (χ1) is 17.7. The van der Waals surface area contributed by atoms with E-state index in [-0.39, 0.29) is 11.5 Å². The molecule has 1 saturated heterocycles. The second-order valence-corrected chi connectivity index (χ2v) is 9.90. The fraction of sp³-hybridized carbons (Fsp3) is 0.344. The van der Waals surface area contributed by atoms with Crippen molar-refractivity contribution in [2.45, 2.75) is 45.1 Å². The molecular formula is C32H38N4.